The molecule has 0 N–H and O–H groups in total. The van der Waals surface area contributed by atoms with Gasteiger partial charge in [0.05, 0.1) is 6.26 Å². The van der Waals surface area contributed by atoms with E-state index in [4.69, 9.17) is 0 Å². The number of ketones is 1. The molecule has 1 aliphatic carbocycles. The van der Waals surface area contributed by atoms with Gasteiger partial charge < -0.3 is 4.42 Å². The zero-order valence-electron chi connectivity index (χ0n) is 7.36. The highest BCUT2D eigenvalue weighted by atomic mass is 16.3. The van der Waals surface area contributed by atoms with E-state index in [2.05, 4.69) is 4.42 Å². The largest absolute Gasteiger partial charge is 0.462 e. The highest BCUT2D eigenvalue weighted by Gasteiger charge is 2.07. The molecule has 1 saturated carbocycles. The molecular formula is C10H12O3. The topological polar surface area (TPSA) is 47.3 Å². The van der Waals surface area contributed by atoms with Crippen LogP contribution in [-0.4, -0.2) is 12.1 Å². The monoisotopic (exact) mass is 180 g/mol. The van der Waals surface area contributed by atoms with Crippen molar-refractivity contribution in [2.24, 2.45) is 0 Å². The van der Waals surface area contributed by atoms with Crippen LogP contribution >= 0.6 is 0 Å². The van der Waals surface area contributed by atoms with Crippen molar-refractivity contribution in [2.75, 3.05) is 0 Å². The zero-order chi connectivity index (χ0) is 9.52. The lowest BCUT2D eigenvalue weighted by atomic mass is 10.4. The predicted octanol–water partition coefficient (Wildman–Crippen LogP) is 2.22. The van der Waals surface area contributed by atoms with Gasteiger partial charge in [0, 0.05) is 12.8 Å². The minimum Gasteiger partial charge on any atom is -0.462 e. The van der Waals surface area contributed by atoms with Crippen LogP contribution in [-0.2, 0) is 4.79 Å². The number of carbonyl (C=O) groups excluding carboxylic acids is 2. The normalized spacial score (nSPS) is 14.9. The molecule has 0 radical (unpaired) electrons. The van der Waals surface area contributed by atoms with E-state index < -0.39 is 0 Å². The van der Waals surface area contributed by atoms with Crippen molar-refractivity contribution in [3.05, 3.63) is 24.2 Å². The minimum atomic E-state index is 0.375. The summed E-state index contributed by atoms with van der Waals surface area (Å²) < 4.78 is 4.61. The Bertz CT molecular complexity index is 254. The van der Waals surface area contributed by atoms with Crippen LogP contribution in [0.2, 0.25) is 0 Å². The summed E-state index contributed by atoms with van der Waals surface area (Å²) in [6.07, 6.45) is 6.10. The van der Waals surface area contributed by atoms with Crippen LogP contribution in [0, 0.1) is 0 Å². The van der Waals surface area contributed by atoms with Crippen molar-refractivity contribution < 1.29 is 14.0 Å². The maximum Gasteiger partial charge on any atom is 0.185 e. The Morgan fingerprint density at radius 3 is 2.23 bits per heavy atom. The number of aldehydes is 1. The summed E-state index contributed by atoms with van der Waals surface area (Å²) in [5.74, 6) is 0.829. The van der Waals surface area contributed by atoms with Gasteiger partial charge in [0.1, 0.15) is 5.78 Å². The molecule has 0 bridgehead atoms. The van der Waals surface area contributed by atoms with Gasteiger partial charge in [0.15, 0.2) is 12.0 Å². The SMILES string of the molecule is O=C1CCCC1.O=Cc1ccco1. The van der Waals surface area contributed by atoms with Gasteiger partial charge in [-0.15, -0.1) is 0 Å². The van der Waals surface area contributed by atoms with Crippen molar-refractivity contribution in [1.29, 1.82) is 0 Å². The second-order valence-corrected chi connectivity index (χ2v) is 2.88. The molecule has 70 valence electrons. The van der Waals surface area contributed by atoms with Crippen LogP contribution < -0.4 is 0 Å². The van der Waals surface area contributed by atoms with E-state index >= 15 is 0 Å². The lowest BCUT2D eigenvalue weighted by Crippen LogP contribution is -1.81. The Labute approximate surface area is 76.7 Å². The summed E-state index contributed by atoms with van der Waals surface area (Å²) in [5.41, 5.74) is 0. The number of carbonyl (C=O) groups is 2. The van der Waals surface area contributed by atoms with Gasteiger partial charge in [-0.1, -0.05) is 0 Å². The summed E-state index contributed by atoms with van der Waals surface area (Å²) in [7, 11) is 0. The summed E-state index contributed by atoms with van der Waals surface area (Å²) in [5, 5.41) is 0. The van der Waals surface area contributed by atoms with Crippen molar-refractivity contribution in [3.63, 3.8) is 0 Å². The smallest absolute Gasteiger partial charge is 0.185 e. The summed E-state index contributed by atoms with van der Waals surface area (Å²) in [6, 6.07) is 3.27. The number of rotatable bonds is 1. The molecule has 0 aliphatic heterocycles. The van der Waals surface area contributed by atoms with Crippen molar-refractivity contribution >= 4 is 12.1 Å². The van der Waals surface area contributed by atoms with Gasteiger partial charge in [-0.2, -0.15) is 0 Å². The van der Waals surface area contributed by atoms with E-state index in [1.54, 1.807) is 12.1 Å². The third-order valence-corrected chi connectivity index (χ3v) is 1.82. The molecule has 2 rings (SSSR count). The Hall–Kier alpha value is -1.38. The molecule has 0 saturated heterocycles. The van der Waals surface area contributed by atoms with Gasteiger partial charge in [0.2, 0.25) is 0 Å². The zero-order valence-corrected chi connectivity index (χ0v) is 7.36. The third-order valence-electron chi connectivity index (χ3n) is 1.82. The molecule has 1 fully saturated rings. The quantitative estimate of drug-likeness (QED) is 0.622. The fourth-order valence-electron chi connectivity index (χ4n) is 1.13. The predicted molar refractivity (Wildman–Crippen MR) is 47.6 cm³/mol. The van der Waals surface area contributed by atoms with Crippen LogP contribution in [0.3, 0.4) is 0 Å². The van der Waals surface area contributed by atoms with E-state index in [9.17, 15) is 9.59 Å². The molecule has 3 nitrogen and oxygen atoms in total. The molecule has 0 atom stereocenters. The number of furan rings is 1. The summed E-state index contributed by atoms with van der Waals surface area (Å²) in [6.45, 7) is 0. The first kappa shape index (κ1) is 9.71. The fraction of sp³-hybridized carbons (Fsp3) is 0.400. The Balaban J connectivity index is 0.000000132. The average molecular weight is 180 g/mol. The van der Waals surface area contributed by atoms with E-state index in [1.807, 2.05) is 0 Å². The summed E-state index contributed by atoms with van der Waals surface area (Å²) >= 11 is 0. The standard InChI is InChI=1S/C5H4O2.C5H8O/c6-4-5-2-1-3-7-5;6-5-3-1-2-4-5/h1-4H;1-4H2. The van der Waals surface area contributed by atoms with Gasteiger partial charge in [0.25, 0.3) is 0 Å². The molecule has 0 unspecified atom stereocenters. The van der Waals surface area contributed by atoms with Crippen molar-refractivity contribution in [2.45, 2.75) is 25.7 Å². The molecule has 0 spiro atoms. The maximum absolute atomic E-state index is 10.2. The Kier molecular flexibility index (Phi) is 3.96. The van der Waals surface area contributed by atoms with Crippen LogP contribution in [0.25, 0.3) is 0 Å². The first-order valence-corrected chi connectivity index (χ1v) is 4.33. The third kappa shape index (κ3) is 3.69. The number of hydrogen-bond donors (Lipinski definition) is 0. The highest BCUT2D eigenvalue weighted by Crippen LogP contribution is 2.11. The van der Waals surface area contributed by atoms with Gasteiger partial charge in [-0.3, -0.25) is 9.59 Å². The van der Waals surface area contributed by atoms with Crippen LogP contribution in [0.4, 0.5) is 0 Å². The maximum atomic E-state index is 10.2. The van der Waals surface area contributed by atoms with Gasteiger partial charge in [-0.25, -0.2) is 0 Å². The fourth-order valence-corrected chi connectivity index (χ4v) is 1.13. The first-order chi connectivity index (χ1) is 6.33. The highest BCUT2D eigenvalue weighted by molar-refractivity contribution is 5.80. The van der Waals surface area contributed by atoms with E-state index in [1.165, 1.54) is 6.26 Å². The molecular weight excluding hydrogens is 168 g/mol. The van der Waals surface area contributed by atoms with Crippen molar-refractivity contribution in [1.82, 2.24) is 0 Å². The van der Waals surface area contributed by atoms with Gasteiger partial charge in [-0.05, 0) is 25.0 Å². The molecule has 1 aromatic rings. The first-order valence-electron chi connectivity index (χ1n) is 4.33. The molecule has 0 aromatic carbocycles. The second kappa shape index (κ2) is 5.30. The lowest BCUT2D eigenvalue weighted by molar-refractivity contribution is -0.117. The molecule has 1 aliphatic rings. The number of Topliss-reactive ketones (excluding diaryl/α,β-unsaturated/α-hetero) is 1. The van der Waals surface area contributed by atoms with Gasteiger partial charge >= 0.3 is 0 Å². The van der Waals surface area contributed by atoms with E-state index in [0.29, 0.717) is 17.8 Å². The Morgan fingerprint density at radius 2 is 2.00 bits per heavy atom. The summed E-state index contributed by atoms with van der Waals surface area (Å²) in [4.78, 5) is 20.0. The van der Waals surface area contributed by atoms with Crippen LogP contribution in [0.1, 0.15) is 36.2 Å². The van der Waals surface area contributed by atoms with E-state index in [-0.39, 0.29) is 0 Å². The molecule has 1 aromatic heterocycles. The van der Waals surface area contributed by atoms with Crippen LogP contribution in [0.5, 0.6) is 0 Å². The van der Waals surface area contributed by atoms with Crippen molar-refractivity contribution in [3.8, 4) is 0 Å². The average Bonchev–Trinajstić information content (AvgIpc) is 2.76. The van der Waals surface area contributed by atoms with E-state index in [0.717, 1.165) is 25.7 Å². The molecule has 0 amide bonds. The number of hydrogen-bond acceptors (Lipinski definition) is 3. The second-order valence-electron chi connectivity index (χ2n) is 2.88. The Morgan fingerprint density at radius 1 is 1.31 bits per heavy atom. The lowest BCUT2D eigenvalue weighted by Gasteiger charge is -1.71. The molecule has 13 heavy (non-hydrogen) atoms. The minimum absolute atomic E-state index is 0.375. The molecule has 1 heterocycles. The van der Waals surface area contributed by atoms with Crippen LogP contribution in [0.15, 0.2) is 22.8 Å². The molecule has 3 heteroatoms.